The Bertz CT molecular complexity index is 670. The number of pyridine rings is 1. The van der Waals surface area contributed by atoms with Crippen LogP contribution < -0.4 is 10.6 Å². The zero-order chi connectivity index (χ0) is 17.5. The molecule has 0 spiro atoms. The number of rotatable bonds is 6. The molecule has 3 rings (SSSR count). The molecule has 1 amide bonds. The molecule has 1 aliphatic rings. The minimum absolute atomic E-state index is 0.0452. The van der Waals surface area contributed by atoms with E-state index in [1.807, 2.05) is 43.3 Å². The molecule has 0 radical (unpaired) electrons. The minimum Gasteiger partial charge on any atom is -0.379 e. The van der Waals surface area contributed by atoms with Crippen molar-refractivity contribution in [1.82, 2.24) is 15.2 Å². The predicted octanol–water partition coefficient (Wildman–Crippen LogP) is 2.28. The second kappa shape index (κ2) is 8.60. The second-order valence-electron chi connectivity index (χ2n) is 6.23. The monoisotopic (exact) mass is 340 g/mol. The molecule has 0 aliphatic carbocycles. The molecule has 132 valence electrons. The van der Waals surface area contributed by atoms with Crippen LogP contribution in [0.15, 0.2) is 48.8 Å². The highest BCUT2D eigenvalue weighted by Crippen LogP contribution is 2.16. The highest BCUT2D eigenvalue weighted by Gasteiger charge is 2.15. The number of nitrogens with one attached hydrogen (secondary N) is 2. The number of carbonyl (C=O) groups is 1. The Hall–Kier alpha value is -2.44. The number of amides is 1. The van der Waals surface area contributed by atoms with Crippen molar-refractivity contribution in [2.75, 3.05) is 38.2 Å². The largest absolute Gasteiger partial charge is 0.379 e. The average Bonchev–Trinajstić information content (AvgIpc) is 2.64. The Labute approximate surface area is 148 Å². The number of nitrogens with zero attached hydrogens (tertiary/aromatic N) is 2. The van der Waals surface area contributed by atoms with E-state index >= 15 is 0 Å². The van der Waals surface area contributed by atoms with E-state index in [4.69, 9.17) is 4.74 Å². The molecule has 1 aromatic heterocycles. The van der Waals surface area contributed by atoms with Crippen molar-refractivity contribution in [3.8, 4) is 0 Å². The van der Waals surface area contributed by atoms with Crippen molar-refractivity contribution in [2.24, 2.45) is 0 Å². The first-order chi connectivity index (χ1) is 12.2. The number of hydrogen-bond acceptors (Lipinski definition) is 5. The highest BCUT2D eigenvalue weighted by molar-refractivity contribution is 5.94. The number of carbonyl (C=O) groups excluding carboxylic acids is 1. The van der Waals surface area contributed by atoms with Crippen LogP contribution in [0.1, 0.15) is 17.3 Å². The molecule has 2 aromatic rings. The van der Waals surface area contributed by atoms with Crippen molar-refractivity contribution >= 4 is 17.3 Å². The number of morpholine rings is 1. The molecule has 1 atom stereocenters. The van der Waals surface area contributed by atoms with Crippen LogP contribution in [0, 0.1) is 0 Å². The topological polar surface area (TPSA) is 66.5 Å². The Morgan fingerprint density at radius 2 is 1.76 bits per heavy atom. The van der Waals surface area contributed by atoms with Gasteiger partial charge >= 0.3 is 0 Å². The molecule has 1 fully saturated rings. The predicted molar refractivity (Wildman–Crippen MR) is 98.1 cm³/mol. The zero-order valence-corrected chi connectivity index (χ0v) is 14.4. The highest BCUT2D eigenvalue weighted by atomic mass is 16.5. The molecule has 1 aromatic carbocycles. The summed E-state index contributed by atoms with van der Waals surface area (Å²) in [4.78, 5) is 18.7. The molecular formula is C19H24N4O2. The number of anilines is 2. The third-order valence-electron chi connectivity index (χ3n) is 4.13. The van der Waals surface area contributed by atoms with Gasteiger partial charge in [0.15, 0.2) is 0 Å². The molecule has 0 unspecified atom stereocenters. The van der Waals surface area contributed by atoms with Crippen LogP contribution >= 0.6 is 0 Å². The fraction of sp³-hybridized carbons (Fsp3) is 0.368. The second-order valence-corrected chi connectivity index (χ2v) is 6.23. The van der Waals surface area contributed by atoms with Gasteiger partial charge in [0.25, 0.3) is 5.91 Å². The van der Waals surface area contributed by atoms with Crippen molar-refractivity contribution in [2.45, 2.75) is 13.0 Å². The fourth-order valence-corrected chi connectivity index (χ4v) is 2.83. The molecule has 1 aliphatic heterocycles. The summed E-state index contributed by atoms with van der Waals surface area (Å²) in [6.45, 7) is 6.27. The molecule has 1 saturated heterocycles. The van der Waals surface area contributed by atoms with Crippen molar-refractivity contribution < 1.29 is 9.53 Å². The van der Waals surface area contributed by atoms with Crippen LogP contribution in [0.4, 0.5) is 11.4 Å². The molecule has 0 saturated carbocycles. The van der Waals surface area contributed by atoms with Gasteiger partial charge in [-0.3, -0.25) is 14.7 Å². The Balaban J connectivity index is 1.51. The van der Waals surface area contributed by atoms with E-state index in [0.717, 1.165) is 44.2 Å². The van der Waals surface area contributed by atoms with E-state index in [-0.39, 0.29) is 11.9 Å². The smallest absolute Gasteiger partial charge is 0.251 e. The van der Waals surface area contributed by atoms with Gasteiger partial charge in [-0.15, -0.1) is 0 Å². The van der Waals surface area contributed by atoms with E-state index in [1.165, 1.54) is 0 Å². The van der Waals surface area contributed by atoms with E-state index in [9.17, 15) is 4.79 Å². The molecule has 6 heteroatoms. The van der Waals surface area contributed by atoms with Gasteiger partial charge in [0, 0.05) is 55.0 Å². The summed E-state index contributed by atoms with van der Waals surface area (Å²) in [6.07, 6.45) is 3.47. The van der Waals surface area contributed by atoms with E-state index in [2.05, 4.69) is 20.5 Å². The normalized spacial score (nSPS) is 16.2. The number of ether oxygens (including phenoxy) is 1. The van der Waals surface area contributed by atoms with Gasteiger partial charge in [0.1, 0.15) is 0 Å². The first-order valence-corrected chi connectivity index (χ1v) is 8.59. The molecule has 6 nitrogen and oxygen atoms in total. The van der Waals surface area contributed by atoms with Crippen molar-refractivity contribution in [3.05, 3.63) is 54.4 Å². The summed E-state index contributed by atoms with van der Waals surface area (Å²) < 4.78 is 5.35. The van der Waals surface area contributed by atoms with Gasteiger partial charge in [-0.2, -0.15) is 0 Å². The van der Waals surface area contributed by atoms with Crippen LogP contribution in [0.2, 0.25) is 0 Å². The summed E-state index contributed by atoms with van der Waals surface area (Å²) in [7, 11) is 0. The summed E-state index contributed by atoms with van der Waals surface area (Å²) in [5.41, 5.74) is 2.56. The first kappa shape index (κ1) is 17.4. The van der Waals surface area contributed by atoms with Crippen LogP contribution in [-0.4, -0.2) is 54.7 Å². The van der Waals surface area contributed by atoms with Crippen LogP contribution in [0.25, 0.3) is 0 Å². The molecule has 0 bridgehead atoms. The standard InChI is InChI=1S/C19H24N4O2/c1-15(14-23-10-12-25-13-11-23)21-19(24)16-2-4-17(5-3-16)22-18-6-8-20-9-7-18/h2-9,15H,10-14H2,1H3,(H,20,22)(H,21,24)/t15-/m1/s1. The lowest BCUT2D eigenvalue weighted by atomic mass is 10.1. The SMILES string of the molecule is C[C@H](CN1CCOCC1)NC(=O)c1ccc(Nc2ccncc2)cc1. The summed E-state index contributed by atoms with van der Waals surface area (Å²) in [5, 5.41) is 6.34. The van der Waals surface area contributed by atoms with Crippen LogP contribution in [-0.2, 0) is 4.74 Å². The average molecular weight is 340 g/mol. The summed E-state index contributed by atoms with van der Waals surface area (Å²) >= 11 is 0. The van der Waals surface area contributed by atoms with Gasteiger partial charge in [-0.25, -0.2) is 0 Å². The summed E-state index contributed by atoms with van der Waals surface area (Å²) in [5.74, 6) is -0.0452. The maximum Gasteiger partial charge on any atom is 0.251 e. The molecule has 2 heterocycles. The van der Waals surface area contributed by atoms with Crippen molar-refractivity contribution in [1.29, 1.82) is 0 Å². The third-order valence-corrected chi connectivity index (χ3v) is 4.13. The lowest BCUT2D eigenvalue weighted by Gasteiger charge is -2.29. The van der Waals surface area contributed by atoms with Gasteiger partial charge in [-0.05, 0) is 43.3 Å². The minimum atomic E-state index is -0.0452. The molecular weight excluding hydrogens is 316 g/mol. The van der Waals surface area contributed by atoms with Gasteiger partial charge in [0.05, 0.1) is 13.2 Å². The van der Waals surface area contributed by atoms with Crippen LogP contribution in [0.5, 0.6) is 0 Å². The molecule has 25 heavy (non-hydrogen) atoms. The lowest BCUT2D eigenvalue weighted by Crippen LogP contribution is -2.46. The lowest BCUT2D eigenvalue weighted by molar-refractivity contribution is 0.0342. The van der Waals surface area contributed by atoms with Crippen molar-refractivity contribution in [3.63, 3.8) is 0 Å². The van der Waals surface area contributed by atoms with Gasteiger partial charge < -0.3 is 15.4 Å². The third kappa shape index (κ3) is 5.27. The Morgan fingerprint density at radius 1 is 1.12 bits per heavy atom. The van der Waals surface area contributed by atoms with E-state index in [0.29, 0.717) is 5.56 Å². The quantitative estimate of drug-likeness (QED) is 0.844. The van der Waals surface area contributed by atoms with Gasteiger partial charge in [-0.1, -0.05) is 0 Å². The first-order valence-electron chi connectivity index (χ1n) is 8.59. The van der Waals surface area contributed by atoms with Gasteiger partial charge in [0.2, 0.25) is 0 Å². The maximum absolute atomic E-state index is 12.4. The van der Waals surface area contributed by atoms with E-state index < -0.39 is 0 Å². The fourth-order valence-electron chi connectivity index (χ4n) is 2.83. The maximum atomic E-state index is 12.4. The van der Waals surface area contributed by atoms with E-state index in [1.54, 1.807) is 12.4 Å². The molecule has 2 N–H and O–H groups in total. The number of benzene rings is 1. The zero-order valence-electron chi connectivity index (χ0n) is 14.4. The summed E-state index contributed by atoms with van der Waals surface area (Å²) in [6, 6.07) is 11.4. The number of aromatic nitrogens is 1. The Morgan fingerprint density at radius 3 is 2.44 bits per heavy atom. The number of hydrogen-bond donors (Lipinski definition) is 2. The van der Waals surface area contributed by atoms with Crippen LogP contribution in [0.3, 0.4) is 0 Å². The Kier molecular flexibility index (Phi) is 5.98.